The van der Waals surface area contributed by atoms with Gasteiger partial charge in [-0.05, 0) is 130 Å². The van der Waals surface area contributed by atoms with Crippen LogP contribution in [0.4, 0.5) is 0 Å². The number of ether oxygens (including phenoxy) is 4. The maximum atomic E-state index is 12.3. The van der Waals surface area contributed by atoms with Crippen LogP contribution in [0.1, 0.15) is 137 Å². The Morgan fingerprint density at radius 2 is 0.759 bits per heavy atom. The molecule has 0 bridgehead atoms. The highest BCUT2D eigenvalue weighted by atomic mass is 127. The number of alkyl halides is 3. The van der Waals surface area contributed by atoms with Crippen molar-refractivity contribution in [2.24, 2.45) is 47.3 Å². The number of aliphatic hydroxyl groups excluding tert-OH is 4. The number of fused-ring (bicyclic) bond motifs is 4. The van der Waals surface area contributed by atoms with E-state index < -0.39 is 105 Å². The van der Waals surface area contributed by atoms with Crippen LogP contribution in [-0.2, 0) is 57.3 Å². The number of esters is 4. The molecule has 0 radical (unpaired) electrons. The first kappa shape index (κ1) is 63.6. The van der Waals surface area contributed by atoms with Crippen LogP contribution in [-0.4, -0.2) is 153 Å². The highest BCUT2D eigenvalue weighted by molar-refractivity contribution is 14.1. The van der Waals surface area contributed by atoms with Gasteiger partial charge in [0.15, 0.2) is 22.4 Å². The van der Waals surface area contributed by atoms with Crippen molar-refractivity contribution in [2.45, 2.75) is 206 Å². The highest BCUT2D eigenvalue weighted by Crippen LogP contribution is 2.57. The number of nitrogens with one attached hydrogen (secondary N) is 4. The van der Waals surface area contributed by atoms with Crippen molar-refractivity contribution in [1.82, 2.24) is 21.3 Å². The molecule has 4 aliphatic carbocycles. The molecular formula is C60H81BrClIN4O16. The Labute approximate surface area is 511 Å². The van der Waals surface area contributed by atoms with Gasteiger partial charge in [0.25, 0.3) is 0 Å². The summed E-state index contributed by atoms with van der Waals surface area (Å²) >= 11 is 11.3. The van der Waals surface area contributed by atoms with Gasteiger partial charge >= 0.3 is 23.9 Å². The molecule has 23 heteroatoms. The number of halogens is 3. The molecule has 0 aromatic carbocycles. The number of hydrogen-bond donors (Lipinski definition) is 8. The Hall–Kier alpha value is -3.94. The number of amides is 4. The molecule has 20 atom stereocenters. The van der Waals surface area contributed by atoms with Crippen LogP contribution in [0.2, 0.25) is 0 Å². The molecule has 3 unspecified atom stereocenters. The first-order chi connectivity index (χ1) is 39.4. The summed E-state index contributed by atoms with van der Waals surface area (Å²) in [5.74, 6) is -4.75. The van der Waals surface area contributed by atoms with Crippen molar-refractivity contribution in [3.8, 4) is 0 Å². The number of carbonyl (C=O) groups excluding carboxylic acids is 8. The molecule has 20 nitrogen and oxygen atoms in total. The zero-order valence-corrected chi connectivity index (χ0v) is 52.3. The topological polar surface area (TPSA) is 303 Å². The Kier molecular flexibility index (Phi) is 18.4. The van der Waals surface area contributed by atoms with Crippen molar-refractivity contribution in [2.75, 3.05) is 15.6 Å². The van der Waals surface area contributed by atoms with Crippen molar-refractivity contribution in [3.05, 3.63) is 48.6 Å². The van der Waals surface area contributed by atoms with Gasteiger partial charge in [0, 0.05) is 39.3 Å². The second kappa shape index (κ2) is 24.0. The third kappa shape index (κ3) is 9.41. The minimum Gasteiger partial charge on any atom is -0.453 e. The molecule has 8 N–H and O–H groups in total. The van der Waals surface area contributed by atoms with Crippen LogP contribution < -0.4 is 21.3 Å². The van der Waals surface area contributed by atoms with Gasteiger partial charge in [-0.1, -0.05) is 94.1 Å². The molecule has 12 aliphatic rings. The lowest BCUT2D eigenvalue weighted by atomic mass is 9.64. The number of allylic oxidation sites excluding steroid dienone is 4. The number of carbonyl (C=O) groups is 8. The van der Waals surface area contributed by atoms with Gasteiger partial charge in [-0.2, -0.15) is 0 Å². The van der Waals surface area contributed by atoms with Gasteiger partial charge in [-0.15, -0.1) is 11.6 Å². The highest BCUT2D eigenvalue weighted by Gasteiger charge is 2.83. The van der Waals surface area contributed by atoms with Crippen LogP contribution in [0.5, 0.6) is 0 Å². The normalized spacial score (nSPS) is 43.2. The molecule has 12 rings (SSSR count). The molecule has 4 amide bonds. The van der Waals surface area contributed by atoms with Gasteiger partial charge < -0.3 is 60.6 Å². The van der Waals surface area contributed by atoms with Crippen LogP contribution in [0.25, 0.3) is 0 Å². The summed E-state index contributed by atoms with van der Waals surface area (Å²) < 4.78 is 22.2. The summed E-state index contributed by atoms with van der Waals surface area (Å²) in [4.78, 5) is 97.6. The fraction of sp³-hybridized carbons (Fsp3) is 0.733. The third-order valence-corrected chi connectivity index (χ3v) is 22.3. The average Bonchev–Trinajstić information content (AvgIpc) is 1.68. The molecule has 0 aromatic rings. The molecule has 0 aromatic heterocycles. The van der Waals surface area contributed by atoms with Gasteiger partial charge in [0.05, 0.1) is 48.1 Å². The molecular weight excluding hydrogens is 1270 g/mol. The van der Waals surface area contributed by atoms with Crippen molar-refractivity contribution < 1.29 is 77.7 Å². The molecule has 8 fully saturated rings. The Morgan fingerprint density at radius 3 is 0.988 bits per heavy atom. The summed E-state index contributed by atoms with van der Waals surface area (Å²) in [6.07, 6.45) is 25.6. The predicted octanol–water partition coefficient (Wildman–Crippen LogP) is 4.66. The smallest absolute Gasteiger partial charge is 0.339 e. The standard InChI is InChI=1S/C15H20BrNO4.C15H20ClNO4.C15H20INO4.C15H21NO4/c3*1-14-10(7-8-16)12(19)17-15(14,13(20)21-14)11(18)9-5-3-2-4-6-9;1-3-10-12(18)16-15(13(19)20-14(10,15)2)11(17)9-7-5-4-6-8-9/h3*3,5,9-11,18H,2,4,6-8H2,1H3,(H,17,19);5,7,9-11,17H,3-4,6,8H2,1-2H3,(H,16,18)/t2*9?,10-,11-,14-,15-;9-,10+,11+,14+,15+;9?,10-,11-,14-,15-/m0010/s1. The molecule has 0 spiro atoms. The largest absolute Gasteiger partial charge is 0.453 e. The molecule has 0 saturated carbocycles. The van der Waals surface area contributed by atoms with Crippen molar-refractivity contribution >= 4 is 97.6 Å². The first-order valence-corrected chi connectivity index (χ1v) is 32.9. The zero-order chi connectivity index (χ0) is 60.3. The number of rotatable bonds is 15. The molecule has 8 heterocycles. The maximum absolute atomic E-state index is 12.3. The van der Waals surface area contributed by atoms with E-state index in [2.05, 4.69) is 59.8 Å². The van der Waals surface area contributed by atoms with Crippen LogP contribution in [0, 0.1) is 47.3 Å². The summed E-state index contributed by atoms with van der Waals surface area (Å²) in [5.41, 5.74) is -8.99. The van der Waals surface area contributed by atoms with E-state index in [9.17, 15) is 58.8 Å². The van der Waals surface area contributed by atoms with Gasteiger partial charge in [-0.3, -0.25) is 19.2 Å². The minimum absolute atomic E-state index is 0.105. The number of hydrogen-bond acceptors (Lipinski definition) is 16. The molecule has 458 valence electrons. The average molecular weight is 1360 g/mol. The fourth-order valence-corrected chi connectivity index (χ4v) is 17.3. The first-order valence-electron chi connectivity index (χ1n) is 29.7. The Morgan fingerprint density at radius 1 is 0.494 bits per heavy atom. The SMILES string of the molecule is CC[C@H]1C(=O)N[C@@]2([C@@H](O)C3C=CCCC3)C(=O)O[C@@]12C.C[C@@]12OC(=O)[C@]1([C@@H](O)C1C=CCCC1)NC(=O)[C@@H]2CCBr.C[C@@]12OC(=O)[C@]1([C@@H](O)C1C=CCCC1)NC(=O)[C@@H]2CCCl.C[C@@]12OC(=O)[C@]1([C@@H](O)[C@@H]1C=CCCC1)NC(=O)[C@@H]2CCI. The zero-order valence-electron chi connectivity index (χ0n) is 47.8. The fourth-order valence-electron chi connectivity index (χ4n) is 16.0. The van der Waals surface area contributed by atoms with Gasteiger partial charge in [-0.25, -0.2) is 19.2 Å². The summed E-state index contributed by atoms with van der Waals surface area (Å²) in [7, 11) is 0. The van der Waals surface area contributed by atoms with Crippen molar-refractivity contribution in [3.63, 3.8) is 0 Å². The maximum Gasteiger partial charge on any atom is 0.339 e. The summed E-state index contributed by atoms with van der Waals surface area (Å²) in [5, 5.41) is 54.9. The van der Waals surface area contributed by atoms with E-state index in [0.717, 1.165) is 81.5 Å². The van der Waals surface area contributed by atoms with E-state index in [1.807, 2.05) is 55.5 Å². The molecule has 8 saturated heterocycles. The van der Waals surface area contributed by atoms with Crippen LogP contribution in [0.3, 0.4) is 0 Å². The lowest BCUT2D eigenvalue weighted by Gasteiger charge is -2.54. The van der Waals surface area contributed by atoms with E-state index in [-0.39, 0.29) is 59.1 Å². The quantitative estimate of drug-likeness (QED) is 0.0363. The second-order valence-corrected chi connectivity index (χ2v) is 27.3. The summed E-state index contributed by atoms with van der Waals surface area (Å²) in [6.45, 7) is 8.91. The van der Waals surface area contributed by atoms with E-state index in [0.29, 0.717) is 36.9 Å². The van der Waals surface area contributed by atoms with E-state index in [4.69, 9.17) is 30.5 Å². The van der Waals surface area contributed by atoms with Crippen LogP contribution in [0.15, 0.2) is 48.6 Å². The lowest BCUT2D eigenvalue weighted by Crippen LogP contribution is -2.80. The van der Waals surface area contributed by atoms with E-state index >= 15 is 0 Å². The van der Waals surface area contributed by atoms with Crippen LogP contribution >= 0.6 is 50.1 Å². The second-order valence-electron chi connectivity index (χ2n) is 25.1. The molecule has 8 aliphatic heterocycles. The Bertz CT molecular complexity index is 2520. The van der Waals surface area contributed by atoms with E-state index in [1.165, 1.54) is 0 Å². The summed E-state index contributed by atoms with van der Waals surface area (Å²) in [6, 6.07) is 0. The molecule has 83 heavy (non-hydrogen) atoms. The monoisotopic (exact) mass is 1350 g/mol. The van der Waals surface area contributed by atoms with Gasteiger partial charge in [0.2, 0.25) is 45.8 Å². The number of aliphatic hydroxyl groups is 4. The predicted molar refractivity (Wildman–Crippen MR) is 313 cm³/mol. The van der Waals surface area contributed by atoms with Gasteiger partial charge in [0.1, 0.15) is 0 Å². The minimum atomic E-state index is -1.33. The Balaban J connectivity index is 0.000000133. The van der Waals surface area contributed by atoms with E-state index in [1.54, 1.807) is 27.7 Å². The lowest BCUT2D eigenvalue weighted by molar-refractivity contribution is -0.239. The van der Waals surface area contributed by atoms with Crippen molar-refractivity contribution in [1.29, 1.82) is 0 Å². The third-order valence-electron chi connectivity index (χ3n) is 21.0.